The van der Waals surface area contributed by atoms with Gasteiger partial charge in [-0.25, -0.2) is 14.4 Å². The summed E-state index contributed by atoms with van der Waals surface area (Å²) >= 11 is 1.54. The summed E-state index contributed by atoms with van der Waals surface area (Å²) in [6.07, 6.45) is 5.46. The predicted molar refractivity (Wildman–Crippen MR) is 137 cm³/mol. The first-order chi connectivity index (χ1) is 16.5. The molecule has 0 saturated carbocycles. The van der Waals surface area contributed by atoms with Gasteiger partial charge < -0.3 is 15.1 Å². The maximum atomic E-state index is 14.4. The first-order valence-electron chi connectivity index (χ1n) is 12.6. The number of thiophene rings is 1. The third-order valence-electron chi connectivity index (χ3n) is 7.27. The van der Waals surface area contributed by atoms with Crippen LogP contribution in [-0.2, 0) is 4.79 Å². The van der Waals surface area contributed by atoms with Gasteiger partial charge in [-0.15, -0.1) is 11.3 Å². The molecule has 0 aliphatic carbocycles. The zero-order valence-corrected chi connectivity index (χ0v) is 20.9. The third-order valence-corrected chi connectivity index (χ3v) is 8.41. The van der Waals surface area contributed by atoms with Crippen LogP contribution < -0.4 is 10.2 Å². The van der Waals surface area contributed by atoms with Crippen molar-refractivity contribution in [1.82, 2.24) is 20.2 Å². The van der Waals surface area contributed by atoms with E-state index < -0.39 is 0 Å². The molecule has 34 heavy (non-hydrogen) atoms. The minimum Gasteiger partial charge on any atom is -0.356 e. The topological polar surface area (TPSA) is 61.4 Å². The number of carbonyl (C=O) groups excluding carboxylic acids is 1. The number of hydrogen-bond acceptors (Lipinski definition) is 6. The summed E-state index contributed by atoms with van der Waals surface area (Å²) in [6, 6.07) is 5.14. The monoisotopic (exact) mass is 483 g/mol. The SMILES string of the molecule is C[C@@H]1C[C@@H](C)CN(CCCNC(=O)C2CCN(c3ncnc4c3sc3cccc(F)c34)CC2)C1. The van der Waals surface area contributed by atoms with Gasteiger partial charge in [-0.3, -0.25) is 4.79 Å². The summed E-state index contributed by atoms with van der Waals surface area (Å²) in [5.41, 5.74) is 0.681. The molecule has 2 saturated heterocycles. The smallest absolute Gasteiger partial charge is 0.223 e. The average Bonchev–Trinajstić information content (AvgIpc) is 3.21. The molecule has 2 aliphatic heterocycles. The van der Waals surface area contributed by atoms with Gasteiger partial charge in [0.2, 0.25) is 5.91 Å². The van der Waals surface area contributed by atoms with Crippen molar-refractivity contribution in [2.45, 2.75) is 39.5 Å². The average molecular weight is 484 g/mol. The Labute approximate surface area is 204 Å². The normalized spacial score (nSPS) is 22.5. The van der Waals surface area contributed by atoms with Gasteiger partial charge in [-0.05, 0) is 56.2 Å². The van der Waals surface area contributed by atoms with Crippen molar-refractivity contribution in [1.29, 1.82) is 0 Å². The van der Waals surface area contributed by atoms with Gasteiger partial charge in [0, 0.05) is 43.3 Å². The van der Waals surface area contributed by atoms with Crippen LogP contribution in [0, 0.1) is 23.6 Å². The molecule has 0 spiro atoms. The van der Waals surface area contributed by atoms with Crippen LogP contribution in [0.5, 0.6) is 0 Å². The quantitative estimate of drug-likeness (QED) is 0.516. The van der Waals surface area contributed by atoms with Crippen molar-refractivity contribution < 1.29 is 9.18 Å². The minimum atomic E-state index is -0.243. The standard InChI is InChI=1S/C26H34FN5OS/c1-17-13-18(2)15-31(14-17)10-4-9-28-26(33)19-7-11-32(12-8-19)25-24-23(29-16-30-25)22-20(27)5-3-6-21(22)34-24/h3,5-6,16-19H,4,7-15H2,1-2H3,(H,28,33)/t17-,18-/m1/s1. The number of rotatable bonds is 6. The van der Waals surface area contributed by atoms with E-state index in [4.69, 9.17) is 0 Å². The Hall–Kier alpha value is -2.32. The number of aromatic nitrogens is 2. The van der Waals surface area contributed by atoms with Crippen molar-refractivity contribution in [2.75, 3.05) is 44.2 Å². The largest absolute Gasteiger partial charge is 0.356 e. The fraction of sp³-hybridized carbons (Fsp3) is 0.577. The highest BCUT2D eigenvalue weighted by Gasteiger charge is 2.27. The van der Waals surface area contributed by atoms with Crippen molar-refractivity contribution in [3.63, 3.8) is 0 Å². The van der Waals surface area contributed by atoms with E-state index in [0.717, 1.165) is 72.5 Å². The van der Waals surface area contributed by atoms with Gasteiger partial charge in [0.25, 0.3) is 0 Å². The summed E-state index contributed by atoms with van der Waals surface area (Å²) in [5, 5.41) is 3.75. The molecule has 182 valence electrons. The third kappa shape index (κ3) is 4.89. The van der Waals surface area contributed by atoms with E-state index in [1.54, 1.807) is 6.07 Å². The lowest BCUT2D eigenvalue weighted by atomic mass is 9.92. The van der Waals surface area contributed by atoms with Crippen molar-refractivity contribution in [3.05, 3.63) is 30.3 Å². The number of piperidine rings is 2. The Bertz CT molecular complexity index is 1150. The van der Waals surface area contributed by atoms with E-state index in [2.05, 4.69) is 38.9 Å². The Morgan fingerprint density at radius 2 is 1.94 bits per heavy atom. The van der Waals surface area contributed by atoms with E-state index in [1.807, 2.05) is 6.07 Å². The molecule has 0 unspecified atom stereocenters. The summed E-state index contributed by atoms with van der Waals surface area (Å²) in [4.78, 5) is 26.4. The van der Waals surface area contributed by atoms with Crippen LogP contribution in [0.2, 0.25) is 0 Å². The zero-order chi connectivity index (χ0) is 23.7. The number of anilines is 1. The number of halogens is 1. The second-order valence-corrected chi connectivity index (χ2v) is 11.3. The number of fused-ring (bicyclic) bond motifs is 3. The lowest BCUT2D eigenvalue weighted by Gasteiger charge is -2.35. The second-order valence-electron chi connectivity index (χ2n) is 10.2. The number of benzene rings is 1. The van der Waals surface area contributed by atoms with Gasteiger partial charge in [-0.1, -0.05) is 19.9 Å². The molecule has 8 heteroatoms. The summed E-state index contributed by atoms with van der Waals surface area (Å²) in [5.74, 6) is 2.38. The molecule has 6 nitrogen and oxygen atoms in total. The summed E-state index contributed by atoms with van der Waals surface area (Å²) in [7, 11) is 0. The van der Waals surface area contributed by atoms with E-state index in [1.165, 1.54) is 43.2 Å². The predicted octanol–water partition coefficient (Wildman–Crippen LogP) is 4.68. The molecule has 4 heterocycles. The molecule has 3 aromatic rings. The van der Waals surface area contributed by atoms with E-state index in [0.29, 0.717) is 10.9 Å². The molecule has 5 rings (SSSR count). The van der Waals surface area contributed by atoms with Crippen LogP contribution in [0.4, 0.5) is 10.2 Å². The number of amides is 1. The van der Waals surface area contributed by atoms with Crippen molar-refractivity contribution >= 4 is 43.4 Å². The van der Waals surface area contributed by atoms with Crippen LogP contribution in [0.3, 0.4) is 0 Å². The van der Waals surface area contributed by atoms with E-state index >= 15 is 0 Å². The van der Waals surface area contributed by atoms with Crippen LogP contribution in [-0.4, -0.2) is 60.0 Å². The number of carbonyl (C=O) groups is 1. The highest BCUT2D eigenvalue weighted by Crippen LogP contribution is 2.39. The van der Waals surface area contributed by atoms with Crippen LogP contribution in [0.1, 0.15) is 39.5 Å². The molecular formula is C26H34FN5OS. The second kappa shape index (κ2) is 10.1. The molecule has 0 bridgehead atoms. The molecular weight excluding hydrogens is 449 g/mol. The summed E-state index contributed by atoms with van der Waals surface area (Å²) < 4.78 is 16.2. The molecule has 1 amide bonds. The van der Waals surface area contributed by atoms with E-state index in [9.17, 15) is 9.18 Å². The first-order valence-corrected chi connectivity index (χ1v) is 13.4. The molecule has 1 N–H and O–H groups in total. The first kappa shape index (κ1) is 23.4. The van der Waals surface area contributed by atoms with Gasteiger partial charge in [-0.2, -0.15) is 0 Å². The number of likely N-dealkylation sites (tertiary alicyclic amines) is 1. The van der Waals surface area contributed by atoms with Crippen LogP contribution in [0.25, 0.3) is 20.3 Å². The number of nitrogens with one attached hydrogen (secondary N) is 1. The molecule has 2 atom stereocenters. The van der Waals surface area contributed by atoms with Gasteiger partial charge in [0.15, 0.2) is 0 Å². The minimum absolute atomic E-state index is 0.0449. The zero-order valence-electron chi connectivity index (χ0n) is 20.1. The number of hydrogen-bond donors (Lipinski definition) is 1. The van der Waals surface area contributed by atoms with Crippen LogP contribution >= 0.6 is 11.3 Å². The molecule has 1 aromatic carbocycles. The Kier molecular flexibility index (Phi) is 6.97. The number of nitrogens with zero attached hydrogens (tertiary/aromatic N) is 4. The molecule has 2 aliphatic rings. The molecule has 2 fully saturated rings. The van der Waals surface area contributed by atoms with Gasteiger partial charge in [0.05, 0.1) is 15.6 Å². The molecule has 2 aromatic heterocycles. The van der Waals surface area contributed by atoms with Gasteiger partial charge >= 0.3 is 0 Å². The fourth-order valence-electron chi connectivity index (χ4n) is 5.78. The van der Waals surface area contributed by atoms with Crippen LogP contribution in [0.15, 0.2) is 24.5 Å². The maximum Gasteiger partial charge on any atom is 0.223 e. The summed E-state index contributed by atoms with van der Waals surface area (Å²) in [6.45, 7) is 10.4. The Balaban J connectivity index is 1.14. The molecule has 0 radical (unpaired) electrons. The van der Waals surface area contributed by atoms with E-state index in [-0.39, 0.29) is 17.6 Å². The van der Waals surface area contributed by atoms with Crippen molar-refractivity contribution in [2.24, 2.45) is 17.8 Å². The Morgan fingerprint density at radius 1 is 1.18 bits per heavy atom. The van der Waals surface area contributed by atoms with Gasteiger partial charge in [0.1, 0.15) is 18.0 Å². The lowest BCUT2D eigenvalue weighted by Crippen LogP contribution is -2.42. The highest BCUT2D eigenvalue weighted by molar-refractivity contribution is 7.26. The fourth-order valence-corrected chi connectivity index (χ4v) is 6.96. The Morgan fingerprint density at radius 3 is 2.71 bits per heavy atom. The van der Waals surface area contributed by atoms with Crippen molar-refractivity contribution in [3.8, 4) is 0 Å². The lowest BCUT2D eigenvalue weighted by molar-refractivity contribution is -0.125. The highest BCUT2D eigenvalue weighted by atomic mass is 32.1. The maximum absolute atomic E-state index is 14.4.